The van der Waals surface area contributed by atoms with Gasteiger partial charge in [0.15, 0.2) is 11.6 Å². The maximum absolute atomic E-state index is 13.8. The molecule has 3 aromatic carbocycles. The lowest BCUT2D eigenvalue weighted by Crippen LogP contribution is -2.40. The van der Waals surface area contributed by atoms with E-state index in [2.05, 4.69) is 11.1 Å². The highest BCUT2D eigenvalue weighted by Gasteiger charge is 2.45. The van der Waals surface area contributed by atoms with E-state index in [-0.39, 0.29) is 17.5 Å². The van der Waals surface area contributed by atoms with E-state index in [1.807, 2.05) is 59.5 Å². The number of carbonyl (C=O) groups excluding carboxylic acids is 1. The molecule has 0 radical (unpaired) electrons. The molecule has 3 aromatic rings. The third kappa shape index (κ3) is 3.28. The van der Waals surface area contributed by atoms with Gasteiger partial charge in [0.25, 0.3) is 0 Å². The van der Waals surface area contributed by atoms with Crippen LogP contribution in [0.15, 0.2) is 107 Å². The van der Waals surface area contributed by atoms with Crippen molar-refractivity contribution in [2.75, 3.05) is 4.90 Å². The first-order chi connectivity index (χ1) is 17.1. The van der Waals surface area contributed by atoms with Crippen molar-refractivity contribution >= 4 is 17.3 Å². The molecule has 2 heterocycles. The van der Waals surface area contributed by atoms with Gasteiger partial charge in [0.05, 0.1) is 23.2 Å². The predicted molar refractivity (Wildman–Crippen MR) is 132 cm³/mol. The number of aliphatic imine (C=N–C) groups is 1. The number of ketones is 1. The lowest BCUT2D eigenvalue weighted by atomic mass is 9.71. The molecule has 0 bridgehead atoms. The smallest absolute Gasteiger partial charge is 0.162 e. The van der Waals surface area contributed by atoms with Crippen LogP contribution < -0.4 is 10.6 Å². The third-order valence-electron chi connectivity index (χ3n) is 7.02. The number of hydrogen-bond donors (Lipinski definition) is 1. The van der Waals surface area contributed by atoms with Crippen molar-refractivity contribution in [1.82, 2.24) is 0 Å². The van der Waals surface area contributed by atoms with Gasteiger partial charge in [-0.1, -0.05) is 54.6 Å². The summed E-state index contributed by atoms with van der Waals surface area (Å²) in [5.74, 6) is -0.271. The monoisotopic (exact) mass is 460 g/mol. The number of para-hydroxylation sites is 1. The molecule has 0 aromatic heterocycles. The highest BCUT2D eigenvalue weighted by molar-refractivity contribution is 6.08. The van der Waals surface area contributed by atoms with E-state index >= 15 is 0 Å². The zero-order valence-corrected chi connectivity index (χ0v) is 18.8. The summed E-state index contributed by atoms with van der Waals surface area (Å²) < 4.78 is 13.8. The Labute approximate surface area is 202 Å². The SMILES string of the molecule is N#CC1=C2N=C(N)c3ccccc3N2C2=C(C(=O)C[C@@H](c3ccccc3)C2)[C@@H]1c1ccc(F)cc1. The summed E-state index contributed by atoms with van der Waals surface area (Å²) in [4.78, 5) is 20.4. The lowest BCUT2D eigenvalue weighted by Gasteiger charge is -2.43. The number of anilines is 1. The number of hydrogen-bond acceptors (Lipinski definition) is 5. The van der Waals surface area contributed by atoms with E-state index in [4.69, 9.17) is 5.73 Å². The molecule has 0 amide bonds. The van der Waals surface area contributed by atoms with E-state index in [1.54, 1.807) is 12.1 Å². The van der Waals surface area contributed by atoms with Crippen molar-refractivity contribution in [3.8, 4) is 6.07 Å². The van der Waals surface area contributed by atoms with Gasteiger partial charge in [-0.3, -0.25) is 9.69 Å². The molecular weight excluding hydrogens is 439 g/mol. The summed E-state index contributed by atoms with van der Waals surface area (Å²) in [6.45, 7) is 0. The zero-order valence-electron chi connectivity index (χ0n) is 18.8. The molecule has 2 atom stereocenters. The molecule has 5 nitrogen and oxygen atoms in total. The van der Waals surface area contributed by atoms with E-state index in [0.717, 1.165) is 22.5 Å². The third-order valence-corrected chi connectivity index (χ3v) is 7.02. The Morgan fingerprint density at radius 2 is 1.66 bits per heavy atom. The van der Waals surface area contributed by atoms with Gasteiger partial charge in [-0.05, 0) is 47.7 Å². The summed E-state index contributed by atoms with van der Waals surface area (Å²) >= 11 is 0. The first-order valence-corrected chi connectivity index (χ1v) is 11.5. The standard InChI is InChI=1S/C29H21FN4O/c30-20-12-10-18(11-13-20)26-22(16-31)29-33-28(32)21-8-4-5-9-23(21)34(29)24-14-19(15-25(35)27(24)26)17-6-2-1-3-7-17/h1-13,19,26H,14-15H2,(H2,32,33)/t19-,26+/m0/s1. The molecule has 0 spiro atoms. The Morgan fingerprint density at radius 3 is 2.40 bits per heavy atom. The van der Waals surface area contributed by atoms with Crippen LogP contribution in [-0.4, -0.2) is 11.6 Å². The Balaban J connectivity index is 1.61. The fourth-order valence-electron chi connectivity index (χ4n) is 5.46. The van der Waals surface area contributed by atoms with Crippen LogP contribution in [0.3, 0.4) is 0 Å². The number of amidine groups is 1. The van der Waals surface area contributed by atoms with Crippen LogP contribution in [0, 0.1) is 17.1 Å². The van der Waals surface area contributed by atoms with Crippen molar-refractivity contribution in [3.63, 3.8) is 0 Å². The highest BCUT2D eigenvalue weighted by atomic mass is 19.1. The average Bonchev–Trinajstić information content (AvgIpc) is 2.89. The molecular formula is C29H21FN4O. The normalized spacial score (nSPS) is 21.1. The summed E-state index contributed by atoms with van der Waals surface area (Å²) in [6.07, 6.45) is 0.949. The highest BCUT2D eigenvalue weighted by Crippen LogP contribution is 2.51. The number of halogens is 1. The molecule has 0 saturated heterocycles. The molecule has 3 aliphatic rings. The Morgan fingerprint density at radius 1 is 0.943 bits per heavy atom. The second-order valence-corrected chi connectivity index (χ2v) is 8.98. The topological polar surface area (TPSA) is 82.5 Å². The Bertz CT molecular complexity index is 1500. The first kappa shape index (κ1) is 21.1. The van der Waals surface area contributed by atoms with Crippen LogP contribution in [0.5, 0.6) is 0 Å². The van der Waals surface area contributed by atoms with Crippen LogP contribution in [0.1, 0.15) is 41.4 Å². The van der Waals surface area contributed by atoms with Crippen LogP contribution >= 0.6 is 0 Å². The van der Waals surface area contributed by atoms with E-state index < -0.39 is 5.92 Å². The number of benzene rings is 3. The van der Waals surface area contributed by atoms with Crippen LogP contribution in [0.4, 0.5) is 10.1 Å². The van der Waals surface area contributed by atoms with Crippen molar-refractivity contribution in [2.45, 2.75) is 24.7 Å². The number of rotatable bonds is 2. The first-order valence-electron chi connectivity index (χ1n) is 11.5. The minimum absolute atomic E-state index is 0.00313. The van der Waals surface area contributed by atoms with E-state index in [0.29, 0.717) is 41.2 Å². The molecule has 0 unspecified atom stereocenters. The number of carbonyl (C=O) groups is 1. The van der Waals surface area contributed by atoms with E-state index in [9.17, 15) is 14.4 Å². The molecule has 2 N–H and O–H groups in total. The predicted octanol–water partition coefficient (Wildman–Crippen LogP) is 5.28. The molecule has 6 rings (SSSR count). The molecule has 0 saturated carbocycles. The largest absolute Gasteiger partial charge is 0.383 e. The summed E-state index contributed by atoms with van der Waals surface area (Å²) in [7, 11) is 0. The Hall–Kier alpha value is -4.50. The minimum Gasteiger partial charge on any atom is -0.383 e. The number of nitrogens with zero attached hydrogens (tertiary/aromatic N) is 3. The van der Waals surface area contributed by atoms with Gasteiger partial charge < -0.3 is 5.73 Å². The summed E-state index contributed by atoms with van der Waals surface area (Å²) in [5, 5.41) is 10.3. The molecule has 1 aliphatic carbocycles. The molecule has 35 heavy (non-hydrogen) atoms. The van der Waals surface area contributed by atoms with Gasteiger partial charge in [0, 0.05) is 23.3 Å². The molecule has 2 aliphatic heterocycles. The van der Waals surface area contributed by atoms with Crippen LogP contribution in [-0.2, 0) is 4.79 Å². The minimum atomic E-state index is -0.632. The fraction of sp³-hybridized carbons (Fsp3) is 0.138. The second kappa shape index (κ2) is 8.07. The summed E-state index contributed by atoms with van der Waals surface area (Å²) in [5.41, 5.74) is 11.4. The summed E-state index contributed by atoms with van der Waals surface area (Å²) in [6, 6.07) is 25.9. The maximum atomic E-state index is 13.8. The zero-order chi connectivity index (χ0) is 24.1. The van der Waals surface area contributed by atoms with Gasteiger partial charge in [-0.2, -0.15) is 5.26 Å². The molecule has 6 heteroatoms. The van der Waals surface area contributed by atoms with E-state index in [1.165, 1.54) is 12.1 Å². The lowest BCUT2D eigenvalue weighted by molar-refractivity contribution is -0.116. The number of nitrogens with two attached hydrogens (primary N) is 1. The number of nitriles is 1. The average molecular weight is 461 g/mol. The fourth-order valence-corrected chi connectivity index (χ4v) is 5.46. The molecule has 0 fully saturated rings. The second-order valence-electron chi connectivity index (χ2n) is 8.98. The van der Waals surface area contributed by atoms with Crippen LogP contribution in [0.25, 0.3) is 0 Å². The van der Waals surface area contributed by atoms with Gasteiger partial charge in [0.1, 0.15) is 11.7 Å². The van der Waals surface area contributed by atoms with Crippen molar-refractivity contribution < 1.29 is 9.18 Å². The maximum Gasteiger partial charge on any atom is 0.162 e. The number of allylic oxidation sites excluding steroid dienone is 3. The quantitative estimate of drug-likeness (QED) is 0.564. The van der Waals surface area contributed by atoms with Gasteiger partial charge in [-0.15, -0.1) is 0 Å². The van der Waals surface area contributed by atoms with Gasteiger partial charge in [-0.25, -0.2) is 9.38 Å². The Kier molecular flexibility index (Phi) is 4.85. The number of fused-ring (bicyclic) bond motifs is 4. The van der Waals surface area contributed by atoms with Crippen molar-refractivity contribution in [2.24, 2.45) is 10.7 Å². The van der Waals surface area contributed by atoms with Crippen molar-refractivity contribution in [3.05, 3.63) is 124 Å². The van der Waals surface area contributed by atoms with Gasteiger partial charge in [0.2, 0.25) is 0 Å². The molecule has 170 valence electrons. The number of Topliss-reactive ketones (excluding diaryl/α,β-unsaturated/α-hetero) is 1. The van der Waals surface area contributed by atoms with Gasteiger partial charge >= 0.3 is 0 Å². The van der Waals surface area contributed by atoms with Crippen LogP contribution in [0.2, 0.25) is 0 Å². The van der Waals surface area contributed by atoms with Crippen molar-refractivity contribution in [1.29, 1.82) is 5.26 Å².